The Kier molecular flexibility index (Phi) is 3.72. The lowest BCUT2D eigenvalue weighted by atomic mass is 10.1. The van der Waals surface area contributed by atoms with Gasteiger partial charge in [0.1, 0.15) is 16.5 Å². The fourth-order valence-corrected chi connectivity index (χ4v) is 5.22. The van der Waals surface area contributed by atoms with Crippen molar-refractivity contribution in [2.75, 3.05) is 10.8 Å². The minimum absolute atomic E-state index is 0.0741. The molecule has 116 valence electrons. The summed E-state index contributed by atoms with van der Waals surface area (Å²) in [4.78, 5) is 0.0793. The maximum Gasteiger partial charge on any atom is 0.265 e. The second-order valence-corrected chi connectivity index (χ2v) is 7.83. The van der Waals surface area contributed by atoms with Crippen molar-refractivity contribution >= 4 is 31.6 Å². The first kappa shape index (κ1) is 15.4. The van der Waals surface area contributed by atoms with Crippen molar-refractivity contribution in [2.24, 2.45) is 0 Å². The smallest absolute Gasteiger partial charge is 0.265 e. The number of rotatable bonds is 2. The van der Waals surface area contributed by atoms with E-state index in [4.69, 9.17) is 0 Å². The molecule has 7 heteroatoms. The summed E-state index contributed by atoms with van der Waals surface area (Å²) in [5.41, 5.74) is 1.21. The molecule has 0 atom stereocenters. The van der Waals surface area contributed by atoms with Crippen LogP contribution in [0.5, 0.6) is 0 Å². The highest BCUT2D eigenvalue weighted by Gasteiger charge is 2.34. The topological polar surface area (TPSA) is 37.4 Å². The van der Waals surface area contributed by atoms with Gasteiger partial charge in [-0.1, -0.05) is 6.07 Å². The highest BCUT2D eigenvalue weighted by molar-refractivity contribution is 9.10. The van der Waals surface area contributed by atoms with Crippen LogP contribution in [0.4, 0.5) is 14.5 Å². The van der Waals surface area contributed by atoms with Gasteiger partial charge in [0.25, 0.3) is 10.0 Å². The van der Waals surface area contributed by atoms with Crippen LogP contribution in [0, 0.1) is 18.6 Å². The Balaban J connectivity index is 2.14. The zero-order valence-electron chi connectivity index (χ0n) is 11.6. The fraction of sp³-hybridized carbons (Fsp3) is 0.200. The number of fused-ring (bicyclic) bond motifs is 1. The molecule has 0 aromatic heterocycles. The van der Waals surface area contributed by atoms with Gasteiger partial charge in [-0.05, 0) is 53.0 Å². The number of benzene rings is 2. The van der Waals surface area contributed by atoms with Gasteiger partial charge in [-0.25, -0.2) is 17.2 Å². The fourth-order valence-electron chi connectivity index (χ4n) is 2.58. The molecule has 3 nitrogen and oxygen atoms in total. The highest BCUT2D eigenvalue weighted by atomic mass is 79.9. The van der Waals surface area contributed by atoms with Gasteiger partial charge in [-0.3, -0.25) is 4.31 Å². The zero-order chi connectivity index (χ0) is 16.1. The second kappa shape index (κ2) is 5.31. The van der Waals surface area contributed by atoms with E-state index in [1.165, 1.54) is 6.07 Å². The van der Waals surface area contributed by atoms with Crippen LogP contribution in [0.1, 0.15) is 11.1 Å². The number of halogens is 3. The van der Waals surface area contributed by atoms with Gasteiger partial charge in [0, 0.05) is 22.6 Å². The summed E-state index contributed by atoms with van der Waals surface area (Å²) in [6.45, 7) is 1.94. The Morgan fingerprint density at radius 1 is 1.18 bits per heavy atom. The van der Waals surface area contributed by atoms with Crippen LogP contribution in [0.25, 0.3) is 0 Å². The Hall–Kier alpha value is -1.47. The molecule has 0 N–H and O–H groups in total. The number of hydrogen-bond donors (Lipinski definition) is 0. The van der Waals surface area contributed by atoms with E-state index in [1.807, 2.05) is 6.92 Å². The van der Waals surface area contributed by atoms with Crippen molar-refractivity contribution in [3.8, 4) is 0 Å². The second-order valence-electron chi connectivity index (χ2n) is 5.15. The van der Waals surface area contributed by atoms with Crippen LogP contribution in [-0.2, 0) is 16.4 Å². The number of sulfonamides is 1. The molecule has 0 saturated heterocycles. The van der Waals surface area contributed by atoms with Crippen molar-refractivity contribution < 1.29 is 17.2 Å². The minimum Gasteiger partial charge on any atom is -0.265 e. The summed E-state index contributed by atoms with van der Waals surface area (Å²) in [5, 5.41) is 0. The number of anilines is 1. The molecule has 1 heterocycles. The lowest BCUT2D eigenvalue weighted by Gasteiger charge is -2.20. The normalized spacial score (nSPS) is 14.3. The standard InChI is InChI=1S/C15H12BrF2NO2S/c1-9-2-3-15(12(16)6-9)22(20,21)19-5-4-11-13(18)7-10(17)8-14(11)19/h2-3,6-8H,4-5H2,1H3. The van der Waals surface area contributed by atoms with Crippen LogP contribution in [-0.4, -0.2) is 15.0 Å². The lowest BCUT2D eigenvalue weighted by molar-refractivity contribution is 0.577. The Morgan fingerprint density at radius 3 is 2.59 bits per heavy atom. The molecule has 1 aliphatic rings. The van der Waals surface area contributed by atoms with Gasteiger partial charge in [0.2, 0.25) is 0 Å². The molecule has 2 aromatic carbocycles. The molecular weight excluding hydrogens is 376 g/mol. The third kappa shape index (κ3) is 2.42. The molecular formula is C15H12BrF2NO2S. The molecule has 2 aromatic rings. The Morgan fingerprint density at radius 2 is 1.91 bits per heavy atom. The van der Waals surface area contributed by atoms with E-state index in [1.54, 1.807) is 12.1 Å². The van der Waals surface area contributed by atoms with Crippen LogP contribution in [0.15, 0.2) is 39.7 Å². The van der Waals surface area contributed by atoms with E-state index in [9.17, 15) is 17.2 Å². The van der Waals surface area contributed by atoms with Crippen molar-refractivity contribution in [3.63, 3.8) is 0 Å². The largest absolute Gasteiger partial charge is 0.265 e. The van der Waals surface area contributed by atoms with Crippen LogP contribution in [0.3, 0.4) is 0 Å². The van der Waals surface area contributed by atoms with Gasteiger partial charge in [0.05, 0.1) is 5.69 Å². The van der Waals surface area contributed by atoms with Gasteiger partial charge in [-0.15, -0.1) is 0 Å². The maximum absolute atomic E-state index is 13.8. The van der Waals surface area contributed by atoms with Crippen LogP contribution in [0.2, 0.25) is 0 Å². The maximum atomic E-state index is 13.8. The SMILES string of the molecule is Cc1ccc(S(=O)(=O)N2CCc3c(F)cc(F)cc32)c(Br)c1. The number of aryl methyl sites for hydroxylation is 1. The number of hydrogen-bond acceptors (Lipinski definition) is 2. The Bertz CT molecular complexity index is 868. The third-order valence-electron chi connectivity index (χ3n) is 3.63. The van der Waals surface area contributed by atoms with Crippen molar-refractivity contribution in [1.29, 1.82) is 0 Å². The molecule has 0 aliphatic carbocycles. The monoisotopic (exact) mass is 387 g/mol. The molecule has 0 amide bonds. The van der Waals surface area contributed by atoms with E-state index < -0.39 is 21.7 Å². The predicted octanol–water partition coefficient (Wildman–Crippen LogP) is 3.79. The first-order valence-corrected chi connectivity index (χ1v) is 8.81. The van der Waals surface area contributed by atoms with Crippen LogP contribution >= 0.6 is 15.9 Å². The molecule has 3 rings (SSSR count). The van der Waals surface area contributed by atoms with E-state index in [-0.39, 0.29) is 29.1 Å². The molecule has 22 heavy (non-hydrogen) atoms. The van der Waals surface area contributed by atoms with Gasteiger partial charge < -0.3 is 0 Å². The number of nitrogens with zero attached hydrogens (tertiary/aromatic N) is 1. The average molecular weight is 388 g/mol. The first-order chi connectivity index (χ1) is 10.3. The third-order valence-corrected chi connectivity index (χ3v) is 6.42. The van der Waals surface area contributed by atoms with Crippen molar-refractivity contribution in [1.82, 2.24) is 0 Å². The molecule has 0 saturated carbocycles. The Labute approximate surface area is 135 Å². The summed E-state index contributed by atoms with van der Waals surface area (Å²) in [6, 6.07) is 6.70. The lowest BCUT2D eigenvalue weighted by Crippen LogP contribution is -2.29. The molecule has 0 radical (unpaired) electrons. The van der Waals surface area contributed by atoms with E-state index >= 15 is 0 Å². The van der Waals surface area contributed by atoms with Crippen LogP contribution < -0.4 is 4.31 Å². The van der Waals surface area contributed by atoms with Gasteiger partial charge in [0.15, 0.2) is 0 Å². The molecule has 0 unspecified atom stereocenters. The first-order valence-electron chi connectivity index (χ1n) is 6.57. The zero-order valence-corrected chi connectivity index (χ0v) is 14.0. The van der Waals surface area contributed by atoms with E-state index in [2.05, 4.69) is 15.9 Å². The van der Waals surface area contributed by atoms with E-state index in [0.717, 1.165) is 22.0 Å². The van der Waals surface area contributed by atoms with Crippen molar-refractivity contribution in [2.45, 2.75) is 18.2 Å². The predicted molar refractivity (Wildman–Crippen MR) is 83.5 cm³/mol. The molecule has 0 fully saturated rings. The summed E-state index contributed by atoms with van der Waals surface area (Å²) in [6.07, 6.45) is 0.226. The summed E-state index contributed by atoms with van der Waals surface area (Å²) in [7, 11) is -3.88. The average Bonchev–Trinajstić information content (AvgIpc) is 2.82. The summed E-state index contributed by atoms with van der Waals surface area (Å²) in [5.74, 6) is -1.50. The summed E-state index contributed by atoms with van der Waals surface area (Å²) < 4.78 is 54.3. The summed E-state index contributed by atoms with van der Waals surface area (Å²) >= 11 is 3.24. The van der Waals surface area contributed by atoms with Gasteiger partial charge in [-0.2, -0.15) is 0 Å². The molecule has 1 aliphatic heterocycles. The molecule has 0 bridgehead atoms. The highest BCUT2D eigenvalue weighted by Crippen LogP contribution is 2.37. The minimum atomic E-state index is -3.88. The quantitative estimate of drug-likeness (QED) is 0.785. The van der Waals surface area contributed by atoms with E-state index in [0.29, 0.717) is 4.47 Å². The molecule has 0 spiro atoms. The van der Waals surface area contributed by atoms with Gasteiger partial charge >= 0.3 is 0 Å². The van der Waals surface area contributed by atoms with Crippen molar-refractivity contribution in [3.05, 3.63) is 57.6 Å².